The van der Waals surface area contributed by atoms with Crippen LogP contribution in [0.15, 0.2) is 29.9 Å². The third kappa shape index (κ3) is 4.16. The first-order chi connectivity index (χ1) is 8.88. The zero-order valence-electron chi connectivity index (χ0n) is 10.6. The van der Waals surface area contributed by atoms with Gasteiger partial charge >= 0.3 is 0 Å². The normalized spacial score (nSPS) is 10.7. The molecule has 0 bridgehead atoms. The van der Waals surface area contributed by atoms with Crippen molar-refractivity contribution in [3.63, 3.8) is 0 Å². The van der Waals surface area contributed by atoms with Crippen LogP contribution in [0, 0.1) is 0 Å². The fourth-order valence-electron chi connectivity index (χ4n) is 1.62. The van der Waals surface area contributed by atoms with Crippen molar-refractivity contribution in [2.45, 2.75) is 19.9 Å². The predicted octanol–water partition coefficient (Wildman–Crippen LogP) is 2.18. The van der Waals surface area contributed by atoms with Crippen molar-refractivity contribution in [3.05, 3.63) is 34.8 Å². The van der Waals surface area contributed by atoms with Gasteiger partial charge in [-0.2, -0.15) is 5.10 Å². The van der Waals surface area contributed by atoms with Gasteiger partial charge in [0.05, 0.1) is 12.4 Å². The number of aryl methyl sites for hydroxylation is 1. The number of aromatic nitrogens is 2. The standard InChI is InChI=1S/C13H19N3OS/c1-2-16-11-12(10-15-16)17-8-7-14-6-5-13-4-3-9-18-13/h3-4,9-11,14H,2,5-8H2,1H3. The third-order valence-electron chi connectivity index (χ3n) is 2.61. The van der Waals surface area contributed by atoms with Crippen LogP contribution in [0.3, 0.4) is 0 Å². The highest BCUT2D eigenvalue weighted by molar-refractivity contribution is 7.09. The van der Waals surface area contributed by atoms with Crippen LogP contribution >= 0.6 is 11.3 Å². The van der Waals surface area contributed by atoms with E-state index < -0.39 is 0 Å². The Labute approximate surface area is 112 Å². The van der Waals surface area contributed by atoms with E-state index >= 15 is 0 Å². The smallest absolute Gasteiger partial charge is 0.157 e. The maximum Gasteiger partial charge on any atom is 0.157 e. The van der Waals surface area contributed by atoms with Crippen molar-refractivity contribution in [2.24, 2.45) is 0 Å². The summed E-state index contributed by atoms with van der Waals surface area (Å²) in [6.07, 6.45) is 4.77. The average Bonchev–Trinajstić information content (AvgIpc) is 3.04. The topological polar surface area (TPSA) is 39.1 Å². The van der Waals surface area contributed by atoms with Gasteiger partial charge < -0.3 is 10.1 Å². The van der Waals surface area contributed by atoms with Gasteiger partial charge in [0.15, 0.2) is 5.75 Å². The number of hydrogen-bond acceptors (Lipinski definition) is 4. The van der Waals surface area contributed by atoms with Crippen molar-refractivity contribution in [1.29, 1.82) is 0 Å². The summed E-state index contributed by atoms with van der Waals surface area (Å²) in [7, 11) is 0. The Hall–Kier alpha value is -1.33. The number of rotatable bonds is 8. The monoisotopic (exact) mass is 265 g/mol. The molecule has 4 nitrogen and oxygen atoms in total. The minimum absolute atomic E-state index is 0.680. The first-order valence-corrected chi connectivity index (χ1v) is 7.15. The number of ether oxygens (including phenoxy) is 1. The maximum atomic E-state index is 5.58. The van der Waals surface area contributed by atoms with E-state index in [0.29, 0.717) is 6.61 Å². The highest BCUT2D eigenvalue weighted by Gasteiger charge is 1.97. The summed E-state index contributed by atoms with van der Waals surface area (Å²) in [5.74, 6) is 0.844. The summed E-state index contributed by atoms with van der Waals surface area (Å²) in [6, 6.07) is 4.26. The largest absolute Gasteiger partial charge is 0.489 e. The van der Waals surface area contributed by atoms with E-state index in [0.717, 1.165) is 31.8 Å². The lowest BCUT2D eigenvalue weighted by atomic mass is 10.3. The molecule has 0 unspecified atom stereocenters. The maximum absolute atomic E-state index is 5.58. The van der Waals surface area contributed by atoms with E-state index in [2.05, 4.69) is 34.9 Å². The molecule has 0 aliphatic rings. The Morgan fingerprint density at radius 2 is 2.39 bits per heavy atom. The van der Waals surface area contributed by atoms with Gasteiger partial charge in [-0.15, -0.1) is 11.3 Å². The van der Waals surface area contributed by atoms with Gasteiger partial charge in [-0.3, -0.25) is 4.68 Å². The lowest BCUT2D eigenvalue weighted by molar-refractivity contribution is 0.314. The predicted molar refractivity (Wildman–Crippen MR) is 74.3 cm³/mol. The molecule has 2 rings (SSSR count). The molecule has 0 radical (unpaired) electrons. The van der Waals surface area contributed by atoms with Gasteiger partial charge in [0, 0.05) is 24.5 Å². The van der Waals surface area contributed by atoms with Gasteiger partial charge in [0.25, 0.3) is 0 Å². The van der Waals surface area contributed by atoms with E-state index in [1.54, 1.807) is 17.5 Å². The summed E-state index contributed by atoms with van der Waals surface area (Å²) in [5, 5.41) is 9.64. The molecule has 0 atom stereocenters. The van der Waals surface area contributed by atoms with E-state index in [1.165, 1.54) is 4.88 Å². The van der Waals surface area contributed by atoms with Gasteiger partial charge in [-0.05, 0) is 24.8 Å². The van der Waals surface area contributed by atoms with E-state index in [4.69, 9.17) is 4.74 Å². The van der Waals surface area contributed by atoms with E-state index in [-0.39, 0.29) is 0 Å². The zero-order chi connectivity index (χ0) is 12.6. The molecule has 0 aliphatic heterocycles. The Balaban J connectivity index is 1.53. The molecule has 0 saturated heterocycles. The summed E-state index contributed by atoms with van der Waals surface area (Å²) in [5.41, 5.74) is 0. The molecule has 0 fully saturated rings. The first kappa shape index (κ1) is 13.1. The molecule has 5 heteroatoms. The van der Waals surface area contributed by atoms with Crippen LogP contribution < -0.4 is 10.1 Å². The van der Waals surface area contributed by atoms with Crippen LogP contribution in [0.4, 0.5) is 0 Å². The van der Waals surface area contributed by atoms with Crippen molar-refractivity contribution in [2.75, 3.05) is 19.7 Å². The zero-order valence-corrected chi connectivity index (χ0v) is 11.4. The Kier molecular flexibility index (Phi) is 5.23. The quantitative estimate of drug-likeness (QED) is 0.744. The molecular formula is C13H19N3OS. The van der Waals surface area contributed by atoms with Gasteiger partial charge in [-0.25, -0.2) is 0 Å². The van der Waals surface area contributed by atoms with E-state index in [9.17, 15) is 0 Å². The molecular weight excluding hydrogens is 246 g/mol. The lowest BCUT2D eigenvalue weighted by Gasteiger charge is -2.05. The van der Waals surface area contributed by atoms with Gasteiger partial charge in [-0.1, -0.05) is 6.07 Å². The summed E-state index contributed by atoms with van der Waals surface area (Å²) in [4.78, 5) is 1.42. The van der Waals surface area contributed by atoms with Crippen molar-refractivity contribution in [1.82, 2.24) is 15.1 Å². The van der Waals surface area contributed by atoms with Crippen LogP contribution in [0.25, 0.3) is 0 Å². The van der Waals surface area contributed by atoms with Crippen LogP contribution in [0.1, 0.15) is 11.8 Å². The highest BCUT2D eigenvalue weighted by atomic mass is 32.1. The Morgan fingerprint density at radius 1 is 1.44 bits per heavy atom. The molecule has 2 heterocycles. The minimum Gasteiger partial charge on any atom is -0.489 e. The number of hydrogen-bond donors (Lipinski definition) is 1. The molecule has 0 amide bonds. The molecule has 0 aliphatic carbocycles. The SMILES string of the molecule is CCn1cc(OCCNCCc2cccs2)cn1. The van der Waals surface area contributed by atoms with Crippen molar-refractivity contribution < 1.29 is 4.74 Å². The molecule has 2 aromatic rings. The van der Waals surface area contributed by atoms with Crippen LogP contribution in [0.2, 0.25) is 0 Å². The molecule has 2 aromatic heterocycles. The first-order valence-electron chi connectivity index (χ1n) is 6.27. The molecule has 0 spiro atoms. The number of thiophene rings is 1. The number of nitrogens with zero attached hydrogens (tertiary/aromatic N) is 2. The second-order valence-electron chi connectivity index (χ2n) is 3.96. The van der Waals surface area contributed by atoms with Crippen LogP contribution in [-0.4, -0.2) is 29.5 Å². The Morgan fingerprint density at radius 3 is 3.11 bits per heavy atom. The second-order valence-corrected chi connectivity index (χ2v) is 4.99. The molecule has 0 aromatic carbocycles. The van der Waals surface area contributed by atoms with Gasteiger partial charge in [0.1, 0.15) is 6.61 Å². The van der Waals surface area contributed by atoms with Crippen LogP contribution in [-0.2, 0) is 13.0 Å². The van der Waals surface area contributed by atoms with E-state index in [1.807, 2.05) is 10.9 Å². The molecule has 1 N–H and O–H groups in total. The summed E-state index contributed by atoms with van der Waals surface area (Å²) < 4.78 is 7.44. The summed E-state index contributed by atoms with van der Waals surface area (Å²) >= 11 is 1.81. The molecule has 18 heavy (non-hydrogen) atoms. The average molecular weight is 265 g/mol. The number of nitrogens with one attached hydrogen (secondary N) is 1. The molecule has 98 valence electrons. The van der Waals surface area contributed by atoms with Crippen molar-refractivity contribution in [3.8, 4) is 5.75 Å². The third-order valence-corrected chi connectivity index (χ3v) is 3.55. The van der Waals surface area contributed by atoms with Gasteiger partial charge in [0.2, 0.25) is 0 Å². The Bertz CT molecular complexity index is 439. The van der Waals surface area contributed by atoms with Crippen LogP contribution in [0.5, 0.6) is 5.75 Å². The minimum atomic E-state index is 0.680. The lowest BCUT2D eigenvalue weighted by Crippen LogP contribution is -2.23. The second kappa shape index (κ2) is 7.18. The fourth-order valence-corrected chi connectivity index (χ4v) is 2.33. The fraction of sp³-hybridized carbons (Fsp3) is 0.462. The summed E-state index contributed by atoms with van der Waals surface area (Å²) in [6.45, 7) is 5.48. The van der Waals surface area contributed by atoms with Crippen molar-refractivity contribution >= 4 is 11.3 Å². The molecule has 0 saturated carbocycles. The highest BCUT2D eigenvalue weighted by Crippen LogP contribution is 2.08.